The lowest BCUT2D eigenvalue weighted by molar-refractivity contribution is 0.277. The lowest BCUT2D eigenvalue weighted by atomic mass is 10.00. The van der Waals surface area contributed by atoms with E-state index in [1.807, 2.05) is 0 Å². The van der Waals surface area contributed by atoms with E-state index >= 15 is 0 Å². The standard InChI is InChI=1S/C13H19FN4/c1-10-4-6-18(7-5-10)13(15)17-9-12-3-2-11(14)8-16-12/h2-3,8,10H,4-7,9H2,1H3,(H2,15,17). The van der Waals surface area contributed by atoms with Crippen LogP contribution < -0.4 is 5.73 Å². The number of likely N-dealkylation sites (tertiary alicyclic amines) is 1. The summed E-state index contributed by atoms with van der Waals surface area (Å²) in [6, 6.07) is 3.01. The van der Waals surface area contributed by atoms with Crippen LogP contribution in [0.1, 0.15) is 25.5 Å². The van der Waals surface area contributed by atoms with Crippen LogP contribution in [-0.4, -0.2) is 28.9 Å². The molecule has 1 aliphatic rings. The van der Waals surface area contributed by atoms with Crippen molar-refractivity contribution in [2.75, 3.05) is 13.1 Å². The SMILES string of the molecule is CC1CCN(C(N)=NCc2ccc(F)cn2)CC1. The number of halogens is 1. The van der Waals surface area contributed by atoms with E-state index in [1.165, 1.54) is 12.3 Å². The second kappa shape index (κ2) is 5.80. The van der Waals surface area contributed by atoms with Gasteiger partial charge in [-0.1, -0.05) is 6.92 Å². The summed E-state index contributed by atoms with van der Waals surface area (Å²) in [6.45, 7) is 4.59. The molecule has 2 rings (SSSR count). The van der Waals surface area contributed by atoms with Crippen LogP contribution in [0.15, 0.2) is 23.3 Å². The van der Waals surface area contributed by atoms with Crippen molar-refractivity contribution in [3.63, 3.8) is 0 Å². The first-order valence-corrected chi connectivity index (χ1v) is 6.30. The Bertz CT molecular complexity index is 408. The summed E-state index contributed by atoms with van der Waals surface area (Å²) in [5.74, 6) is 1.00. The van der Waals surface area contributed by atoms with Crippen LogP contribution in [0.3, 0.4) is 0 Å². The zero-order chi connectivity index (χ0) is 13.0. The van der Waals surface area contributed by atoms with Gasteiger partial charge in [0.05, 0.1) is 18.4 Å². The number of hydrogen-bond acceptors (Lipinski definition) is 2. The summed E-state index contributed by atoms with van der Waals surface area (Å²) >= 11 is 0. The van der Waals surface area contributed by atoms with Crippen molar-refractivity contribution < 1.29 is 4.39 Å². The van der Waals surface area contributed by atoms with Crippen molar-refractivity contribution in [1.82, 2.24) is 9.88 Å². The maximum atomic E-state index is 12.7. The Labute approximate surface area is 107 Å². The Balaban J connectivity index is 1.90. The fourth-order valence-electron chi connectivity index (χ4n) is 2.00. The van der Waals surface area contributed by atoms with Crippen LogP contribution in [-0.2, 0) is 6.54 Å². The molecule has 0 radical (unpaired) electrons. The fraction of sp³-hybridized carbons (Fsp3) is 0.538. The summed E-state index contributed by atoms with van der Waals surface area (Å²) in [7, 11) is 0. The smallest absolute Gasteiger partial charge is 0.191 e. The van der Waals surface area contributed by atoms with Gasteiger partial charge in [-0.2, -0.15) is 0 Å². The van der Waals surface area contributed by atoms with Crippen LogP contribution in [0.25, 0.3) is 0 Å². The minimum absolute atomic E-state index is 0.333. The third kappa shape index (κ3) is 3.42. The minimum Gasteiger partial charge on any atom is -0.370 e. The van der Waals surface area contributed by atoms with Gasteiger partial charge in [0.1, 0.15) is 5.82 Å². The quantitative estimate of drug-likeness (QED) is 0.643. The normalized spacial score (nSPS) is 18.1. The predicted octanol–water partition coefficient (Wildman–Crippen LogP) is 1.77. The number of pyridine rings is 1. The zero-order valence-electron chi connectivity index (χ0n) is 10.6. The van der Waals surface area contributed by atoms with E-state index in [4.69, 9.17) is 5.73 Å². The highest BCUT2D eigenvalue weighted by atomic mass is 19.1. The van der Waals surface area contributed by atoms with Gasteiger partial charge in [0, 0.05) is 13.1 Å². The molecule has 5 heteroatoms. The summed E-state index contributed by atoms with van der Waals surface area (Å²) in [4.78, 5) is 10.4. The zero-order valence-corrected chi connectivity index (χ0v) is 10.6. The molecule has 0 aromatic carbocycles. The molecule has 2 N–H and O–H groups in total. The molecule has 1 aromatic heterocycles. The molecule has 4 nitrogen and oxygen atoms in total. The van der Waals surface area contributed by atoms with E-state index in [1.54, 1.807) is 6.07 Å². The Morgan fingerprint density at radius 3 is 2.83 bits per heavy atom. The molecule has 98 valence electrons. The predicted molar refractivity (Wildman–Crippen MR) is 69.5 cm³/mol. The number of nitrogens with two attached hydrogens (primary N) is 1. The first kappa shape index (κ1) is 12.8. The fourth-order valence-corrected chi connectivity index (χ4v) is 2.00. The van der Waals surface area contributed by atoms with Crippen LogP contribution in [0.5, 0.6) is 0 Å². The molecule has 0 bridgehead atoms. The molecular weight excluding hydrogens is 231 g/mol. The topological polar surface area (TPSA) is 54.5 Å². The van der Waals surface area contributed by atoms with Crippen molar-refractivity contribution >= 4 is 5.96 Å². The molecular formula is C13H19FN4. The third-order valence-electron chi connectivity index (χ3n) is 3.30. The average molecular weight is 250 g/mol. The highest BCUT2D eigenvalue weighted by Gasteiger charge is 2.16. The molecule has 18 heavy (non-hydrogen) atoms. The van der Waals surface area contributed by atoms with Crippen LogP contribution >= 0.6 is 0 Å². The average Bonchev–Trinajstić information content (AvgIpc) is 2.38. The van der Waals surface area contributed by atoms with Crippen LogP contribution in [0.4, 0.5) is 4.39 Å². The number of piperidine rings is 1. The van der Waals surface area contributed by atoms with Crippen molar-refractivity contribution in [2.45, 2.75) is 26.3 Å². The maximum absolute atomic E-state index is 12.7. The summed E-state index contributed by atoms with van der Waals surface area (Å²) in [5, 5.41) is 0. The number of nitrogens with zero attached hydrogens (tertiary/aromatic N) is 3. The molecule has 2 heterocycles. The van der Waals surface area contributed by atoms with E-state index in [-0.39, 0.29) is 5.82 Å². The highest BCUT2D eigenvalue weighted by molar-refractivity contribution is 5.78. The Kier molecular flexibility index (Phi) is 4.12. The molecule has 0 atom stereocenters. The van der Waals surface area contributed by atoms with Gasteiger partial charge in [-0.15, -0.1) is 0 Å². The lowest BCUT2D eigenvalue weighted by Crippen LogP contribution is -2.42. The van der Waals surface area contributed by atoms with Gasteiger partial charge in [0.15, 0.2) is 5.96 Å². The largest absolute Gasteiger partial charge is 0.370 e. The Morgan fingerprint density at radius 2 is 2.22 bits per heavy atom. The lowest BCUT2D eigenvalue weighted by Gasteiger charge is -2.30. The monoisotopic (exact) mass is 250 g/mol. The number of guanidine groups is 1. The minimum atomic E-state index is -0.333. The summed E-state index contributed by atoms with van der Waals surface area (Å²) in [5.41, 5.74) is 6.67. The first-order chi connectivity index (χ1) is 8.65. The van der Waals surface area contributed by atoms with Crippen molar-refractivity contribution in [2.24, 2.45) is 16.6 Å². The molecule has 1 aliphatic heterocycles. The van der Waals surface area contributed by atoms with Gasteiger partial charge in [0.2, 0.25) is 0 Å². The van der Waals surface area contributed by atoms with Gasteiger partial charge in [-0.3, -0.25) is 4.98 Å². The van der Waals surface area contributed by atoms with Gasteiger partial charge in [0.25, 0.3) is 0 Å². The summed E-state index contributed by atoms with van der Waals surface area (Å²) in [6.07, 6.45) is 3.51. The van der Waals surface area contributed by atoms with Gasteiger partial charge < -0.3 is 10.6 Å². The van der Waals surface area contributed by atoms with E-state index in [9.17, 15) is 4.39 Å². The highest BCUT2D eigenvalue weighted by Crippen LogP contribution is 2.15. The van der Waals surface area contributed by atoms with E-state index in [2.05, 4.69) is 21.8 Å². The molecule has 1 aromatic rings. The second-order valence-electron chi connectivity index (χ2n) is 4.81. The second-order valence-corrected chi connectivity index (χ2v) is 4.81. The Hall–Kier alpha value is -1.65. The van der Waals surface area contributed by atoms with Crippen LogP contribution in [0.2, 0.25) is 0 Å². The van der Waals surface area contributed by atoms with Gasteiger partial charge in [-0.25, -0.2) is 9.38 Å². The van der Waals surface area contributed by atoms with E-state index in [0.29, 0.717) is 12.5 Å². The molecule has 0 unspecified atom stereocenters. The number of aliphatic imine (C=N–C) groups is 1. The Morgan fingerprint density at radius 1 is 1.50 bits per heavy atom. The van der Waals surface area contributed by atoms with Crippen LogP contribution in [0, 0.1) is 11.7 Å². The molecule has 1 fully saturated rings. The molecule has 0 spiro atoms. The van der Waals surface area contributed by atoms with Crippen molar-refractivity contribution in [3.05, 3.63) is 29.8 Å². The molecule has 0 saturated carbocycles. The molecule has 0 amide bonds. The van der Waals surface area contributed by atoms with Gasteiger partial charge in [-0.05, 0) is 30.9 Å². The third-order valence-corrected chi connectivity index (χ3v) is 3.30. The van der Waals surface area contributed by atoms with E-state index in [0.717, 1.165) is 37.5 Å². The van der Waals surface area contributed by atoms with Gasteiger partial charge >= 0.3 is 0 Å². The molecule has 1 saturated heterocycles. The van der Waals surface area contributed by atoms with Crippen molar-refractivity contribution in [3.8, 4) is 0 Å². The maximum Gasteiger partial charge on any atom is 0.191 e. The first-order valence-electron chi connectivity index (χ1n) is 6.30. The number of hydrogen-bond donors (Lipinski definition) is 1. The van der Waals surface area contributed by atoms with E-state index < -0.39 is 0 Å². The molecule has 0 aliphatic carbocycles. The van der Waals surface area contributed by atoms with Crippen molar-refractivity contribution in [1.29, 1.82) is 0 Å². The number of rotatable bonds is 2. The number of aromatic nitrogens is 1. The summed E-state index contributed by atoms with van der Waals surface area (Å²) < 4.78 is 12.7.